The van der Waals surface area contributed by atoms with Crippen molar-refractivity contribution in [3.05, 3.63) is 65.9 Å². The summed E-state index contributed by atoms with van der Waals surface area (Å²) in [5.41, 5.74) is 5.59. The third kappa shape index (κ3) is 4.82. The van der Waals surface area contributed by atoms with Crippen molar-refractivity contribution in [2.75, 3.05) is 18.4 Å². The normalized spacial score (nSPS) is 14.2. The lowest BCUT2D eigenvalue weighted by Crippen LogP contribution is -2.39. The molecule has 1 aliphatic rings. The molecule has 7 nitrogen and oxygen atoms in total. The van der Waals surface area contributed by atoms with Crippen LogP contribution < -0.4 is 5.32 Å². The highest BCUT2D eigenvalue weighted by atomic mass is 32.1. The number of thiazole rings is 1. The van der Waals surface area contributed by atoms with Crippen molar-refractivity contribution in [2.45, 2.75) is 32.8 Å². The fourth-order valence-corrected chi connectivity index (χ4v) is 4.60. The number of amides is 1. The smallest absolute Gasteiger partial charge is 0.410 e. The van der Waals surface area contributed by atoms with E-state index in [0.29, 0.717) is 13.1 Å². The van der Waals surface area contributed by atoms with Gasteiger partial charge in [0.1, 0.15) is 16.3 Å². The molecule has 0 spiro atoms. The van der Waals surface area contributed by atoms with Gasteiger partial charge < -0.3 is 19.9 Å². The maximum atomic E-state index is 12.4. The van der Waals surface area contributed by atoms with Gasteiger partial charge in [0.2, 0.25) is 0 Å². The Morgan fingerprint density at radius 3 is 2.79 bits per heavy atom. The van der Waals surface area contributed by atoms with Gasteiger partial charge in [0.25, 0.3) is 0 Å². The fourth-order valence-electron chi connectivity index (χ4n) is 3.97. The number of fused-ring (bicyclic) bond motifs is 1. The van der Waals surface area contributed by atoms with E-state index in [1.807, 2.05) is 50.5 Å². The van der Waals surface area contributed by atoms with Crippen molar-refractivity contribution < 1.29 is 9.53 Å². The summed E-state index contributed by atoms with van der Waals surface area (Å²) < 4.78 is 5.50. The van der Waals surface area contributed by atoms with Crippen molar-refractivity contribution in [2.24, 2.45) is 0 Å². The number of benzene rings is 1. The van der Waals surface area contributed by atoms with Crippen LogP contribution >= 0.6 is 11.3 Å². The molecular weight excluding hydrogens is 446 g/mol. The summed E-state index contributed by atoms with van der Waals surface area (Å²) >= 11 is 1.62. The number of nitrogens with one attached hydrogen (secondary N) is 2. The van der Waals surface area contributed by atoms with E-state index in [4.69, 9.17) is 4.74 Å². The molecule has 34 heavy (non-hydrogen) atoms. The number of carbonyl (C=O) groups is 1. The maximum Gasteiger partial charge on any atom is 0.410 e. The zero-order chi connectivity index (χ0) is 23.7. The molecule has 1 aromatic carbocycles. The van der Waals surface area contributed by atoms with Crippen molar-refractivity contribution in [1.29, 1.82) is 0 Å². The molecule has 0 fully saturated rings. The second-order valence-corrected chi connectivity index (χ2v) is 10.1. The zero-order valence-corrected chi connectivity index (χ0v) is 20.3. The van der Waals surface area contributed by atoms with Crippen molar-refractivity contribution in [1.82, 2.24) is 19.9 Å². The van der Waals surface area contributed by atoms with E-state index < -0.39 is 5.60 Å². The number of aromatic nitrogens is 3. The SMILES string of the molecule is CC(C)(C)OC(=O)N1CC=C(c2cc3c(Nc4cccc(-c5nccs5)c4)ccnc3[nH]2)CC1. The fraction of sp³-hybridized carbons (Fsp3) is 0.269. The molecule has 0 bridgehead atoms. The van der Waals surface area contributed by atoms with Crippen LogP contribution in [0.4, 0.5) is 16.2 Å². The van der Waals surface area contributed by atoms with E-state index in [2.05, 4.69) is 44.5 Å². The third-order valence-corrected chi connectivity index (χ3v) is 6.38. The highest BCUT2D eigenvalue weighted by Crippen LogP contribution is 2.32. The minimum absolute atomic E-state index is 0.271. The first-order valence-corrected chi connectivity index (χ1v) is 12.2. The summed E-state index contributed by atoms with van der Waals surface area (Å²) in [5.74, 6) is 0. The van der Waals surface area contributed by atoms with Crippen LogP contribution in [0.2, 0.25) is 0 Å². The second-order valence-electron chi connectivity index (χ2n) is 9.25. The minimum Gasteiger partial charge on any atom is -0.444 e. The van der Waals surface area contributed by atoms with Crippen molar-refractivity contribution >= 4 is 45.4 Å². The van der Waals surface area contributed by atoms with Gasteiger partial charge >= 0.3 is 6.09 Å². The molecule has 2 N–H and O–H groups in total. The summed E-state index contributed by atoms with van der Waals surface area (Å²) in [7, 11) is 0. The molecule has 0 radical (unpaired) electrons. The van der Waals surface area contributed by atoms with Crippen LogP contribution in [-0.4, -0.2) is 44.6 Å². The van der Waals surface area contributed by atoms with Crippen LogP contribution in [0.3, 0.4) is 0 Å². The van der Waals surface area contributed by atoms with Gasteiger partial charge in [0, 0.05) is 53.2 Å². The molecule has 3 aromatic heterocycles. The molecule has 174 valence electrons. The molecule has 1 aliphatic heterocycles. The largest absolute Gasteiger partial charge is 0.444 e. The Bertz CT molecular complexity index is 1350. The lowest BCUT2D eigenvalue weighted by atomic mass is 10.0. The lowest BCUT2D eigenvalue weighted by Gasteiger charge is -2.29. The van der Waals surface area contributed by atoms with E-state index in [1.54, 1.807) is 22.4 Å². The van der Waals surface area contributed by atoms with Gasteiger partial charge in [-0.2, -0.15) is 0 Å². The van der Waals surface area contributed by atoms with Crippen LogP contribution in [0.15, 0.2) is 60.2 Å². The van der Waals surface area contributed by atoms with Crippen LogP contribution in [-0.2, 0) is 4.74 Å². The molecule has 0 atom stereocenters. The molecule has 4 heterocycles. The molecule has 1 amide bonds. The van der Waals surface area contributed by atoms with Gasteiger partial charge in [-0.05, 0) is 57.0 Å². The number of carbonyl (C=O) groups excluding carboxylic acids is 1. The van der Waals surface area contributed by atoms with E-state index in [1.165, 1.54) is 5.57 Å². The molecule has 0 saturated heterocycles. The first kappa shape index (κ1) is 22.2. The number of aromatic amines is 1. The molecule has 4 aromatic rings. The zero-order valence-electron chi connectivity index (χ0n) is 19.5. The number of rotatable bonds is 4. The van der Waals surface area contributed by atoms with E-state index in [-0.39, 0.29) is 6.09 Å². The Kier molecular flexibility index (Phi) is 5.83. The summed E-state index contributed by atoms with van der Waals surface area (Å²) in [5, 5.41) is 7.54. The van der Waals surface area contributed by atoms with Gasteiger partial charge in [-0.25, -0.2) is 14.8 Å². The predicted octanol–water partition coefficient (Wildman–Crippen LogP) is 6.45. The number of pyridine rings is 1. The number of hydrogen-bond donors (Lipinski definition) is 2. The Hall–Kier alpha value is -3.65. The van der Waals surface area contributed by atoms with Crippen molar-refractivity contribution in [3.8, 4) is 10.6 Å². The third-order valence-electron chi connectivity index (χ3n) is 5.56. The molecule has 0 unspecified atom stereocenters. The standard InChI is InChI=1S/C26H27N5O2S/c1-26(2,3)33-25(32)31-12-8-17(9-13-31)22-16-20-21(7-10-27-23(20)30-22)29-19-6-4-5-18(15-19)24-28-11-14-34-24/h4-8,10-11,14-16H,9,12-13H2,1-3H3,(H2,27,29,30). The minimum atomic E-state index is -0.493. The first-order chi connectivity index (χ1) is 16.4. The maximum absolute atomic E-state index is 12.4. The van der Waals surface area contributed by atoms with Gasteiger partial charge in [-0.1, -0.05) is 18.2 Å². The number of hydrogen-bond acceptors (Lipinski definition) is 6. The summed E-state index contributed by atoms with van der Waals surface area (Å²) in [6, 6.07) is 12.4. The lowest BCUT2D eigenvalue weighted by molar-refractivity contribution is 0.0270. The molecule has 8 heteroatoms. The molecule has 5 rings (SSSR count). The predicted molar refractivity (Wildman–Crippen MR) is 137 cm³/mol. The molecule has 0 aliphatic carbocycles. The number of H-pyrrole nitrogens is 1. The van der Waals surface area contributed by atoms with Gasteiger partial charge in [-0.3, -0.25) is 0 Å². The average molecular weight is 474 g/mol. The van der Waals surface area contributed by atoms with Crippen LogP contribution in [0.25, 0.3) is 27.2 Å². The average Bonchev–Trinajstić information content (AvgIpc) is 3.49. The highest BCUT2D eigenvalue weighted by Gasteiger charge is 2.24. The second kappa shape index (κ2) is 8.95. The topological polar surface area (TPSA) is 83.1 Å². The quantitative estimate of drug-likeness (QED) is 0.356. The Balaban J connectivity index is 1.36. The Morgan fingerprint density at radius 1 is 1.18 bits per heavy atom. The van der Waals surface area contributed by atoms with Gasteiger partial charge in [-0.15, -0.1) is 11.3 Å². The molecule has 0 saturated carbocycles. The summed E-state index contributed by atoms with van der Waals surface area (Å²) in [6.07, 6.45) is 6.19. The number of nitrogens with zero attached hydrogens (tertiary/aromatic N) is 3. The van der Waals surface area contributed by atoms with E-state index in [9.17, 15) is 4.79 Å². The Labute approximate surface area is 202 Å². The van der Waals surface area contributed by atoms with Crippen LogP contribution in [0, 0.1) is 0 Å². The summed E-state index contributed by atoms with van der Waals surface area (Å²) in [4.78, 5) is 26.5. The van der Waals surface area contributed by atoms with Crippen LogP contribution in [0.5, 0.6) is 0 Å². The monoisotopic (exact) mass is 473 g/mol. The van der Waals surface area contributed by atoms with Gasteiger partial charge in [0.15, 0.2) is 0 Å². The number of ether oxygens (including phenoxy) is 1. The Morgan fingerprint density at radius 2 is 2.06 bits per heavy atom. The van der Waals surface area contributed by atoms with Crippen LogP contribution in [0.1, 0.15) is 32.9 Å². The highest BCUT2D eigenvalue weighted by molar-refractivity contribution is 7.13. The van der Waals surface area contributed by atoms with Crippen molar-refractivity contribution in [3.63, 3.8) is 0 Å². The van der Waals surface area contributed by atoms with E-state index in [0.717, 1.165) is 45.1 Å². The summed E-state index contributed by atoms with van der Waals surface area (Å²) in [6.45, 7) is 6.80. The van der Waals surface area contributed by atoms with E-state index >= 15 is 0 Å². The first-order valence-electron chi connectivity index (χ1n) is 11.3. The molecular formula is C26H27N5O2S. The van der Waals surface area contributed by atoms with Gasteiger partial charge in [0.05, 0.1) is 5.69 Å². The number of anilines is 2.